The molecule has 1 saturated heterocycles. The molecule has 2 heterocycles. The molecule has 2 aromatic carbocycles. The van der Waals surface area contributed by atoms with Gasteiger partial charge in [0.15, 0.2) is 0 Å². The summed E-state index contributed by atoms with van der Waals surface area (Å²) in [5.41, 5.74) is 3.21. The SMILES string of the molecule is CCOC(=O)C1CCCCN1CC(=O)N1N=C(c2cccc(C)c2)CC1c1ccccc1F. The van der Waals surface area contributed by atoms with Gasteiger partial charge in [-0.05, 0) is 44.9 Å². The molecule has 33 heavy (non-hydrogen) atoms. The van der Waals surface area contributed by atoms with Gasteiger partial charge in [-0.2, -0.15) is 5.10 Å². The van der Waals surface area contributed by atoms with Crippen molar-refractivity contribution in [3.63, 3.8) is 0 Å². The highest BCUT2D eigenvalue weighted by atomic mass is 19.1. The van der Waals surface area contributed by atoms with Crippen LogP contribution in [0.1, 0.15) is 55.3 Å². The van der Waals surface area contributed by atoms with Crippen molar-refractivity contribution in [1.29, 1.82) is 0 Å². The topological polar surface area (TPSA) is 62.2 Å². The number of carbonyl (C=O) groups is 2. The van der Waals surface area contributed by atoms with E-state index in [-0.39, 0.29) is 24.2 Å². The van der Waals surface area contributed by atoms with Crippen molar-refractivity contribution in [2.75, 3.05) is 19.7 Å². The predicted octanol–water partition coefficient (Wildman–Crippen LogP) is 4.23. The number of nitrogens with zero attached hydrogens (tertiary/aromatic N) is 3. The maximum absolute atomic E-state index is 14.7. The third kappa shape index (κ3) is 5.14. The van der Waals surface area contributed by atoms with Gasteiger partial charge in [-0.15, -0.1) is 0 Å². The van der Waals surface area contributed by atoms with Crippen LogP contribution in [0, 0.1) is 12.7 Å². The Kier molecular flexibility index (Phi) is 7.18. The Morgan fingerprint density at radius 3 is 2.73 bits per heavy atom. The molecular weight excluding hydrogens is 421 g/mol. The van der Waals surface area contributed by atoms with E-state index in [1.165, 1.54) is 11.1 Å². The van der Waals surface area contributed by atoms with Crippen LogP contribution < -0.4 is 0 Å². The number of halogens is 1. The minimum absolute atomic E-state index is 0.0407. The lowest BCUT2D eigenvalue weighted by atomic mass is 9.97. The summed E-state index contributed by atoms with van der Waals surface area (Å²) in [6.45, 7) is 4.77. The Balaban J connectivity index is 1.61. The van der Waals surface area contributed by atoms with Crippen LogP contribution in [0.2, 0.25) is 0 Å². The third-order valence-electron chi connectivity index (χ3n) is 6.29. The summed E-state index contributed by atoms with van der Waals surface area (Å²) in [7, 11) is 0. The lowest BCUT2D eigenvalue weighted by Crippen LogP contribution is -2.49. The smallest absolute Gasteiger partial charge is 0.323 e. The zero-order valence-corrected chi connectivity index (χ0v) is 19.2. The maximum atomic E-state index is 14.7. The fourth-order valence-corrected chi connectivity index (χ4v) is 4.66. The van der Waals surface area contributed by atoms with Gasteiger partial charge in [0, 0.05) is 12.0 Å². The quantitative estimate of drug-likeness (QED) is 0.617. The van der Waals surface area contributed by atoms with Crippen LogP contribution in [0.4, 0.5) is 4.39 Å². The van der Waals surface area contributed by atoms with E-state index in [0.717, 1.165) is 29.7 Å². The molecule has 2 aromatic rings. The van der Waals surface area contributed by atoms with Crippen molar-refractivity contribution in [2.45, 2.75) is 51.6 Å². The van der Waals surface area contributed by atoms with Gasteiger partial charge in [0.2, 0.25) is 0 Å². The van der Waals surface area contributed by atoms with Gasteiger partial charge in [0.05, 0.1) is 24.9 Å². The van der Waals surface area contributed by atoms with E-state index in [1.54, 1.807) is 25.1 Å². The first-order chi connectivity index (χ1) is 16.0. The molecule has 0 bridgehead atoms. The Morgan fingerprint density at radius 1 is 1.15 bits per heavy atom. The molecule has 2 atom stereocenters. The molecule has 4 rings (SSSR count). The minimum atomic E-state index is -0.528. The number of likely N-dealkylation sites (tertiary alicyclic amines) is 1. The monoisotopic (exact) mass is 451 g/mol. The molecule has 2 aliphatic heterocycles. The molecule has 1 fully saturated rings. The molecule has 2 aliphatic rings. The van der Waals surface area contributed by atoms with Gasteiger partial charge < -0.3 is 4.74 Å². The van der Waals surface area contributed by atoms with Crippen molar-refractivity contribution in [3.05, 3.63) is 71.0 Å². The van der Waals surface area contributed by atoms with Crippen molar-refractivity contribution >= 4 is 17.6 Å². The molecule has 1 amide bonds. The molecule has 174 valence electrons. The first-order valence-electron chi connectivity index (χ1n) is 11.6. The molecule has 7 heteroatoms. The van der Waals surface area contributed by atoms with Crippen LogP contribution in [-0.4, -0.2) is 53.2 Å². The van der Waals surface area contributed by atoms with E-state index in [2.05, 4.69) is 5.10 Å². The summed E-state index contributed by atoms with van der Waals surface area (Å²) in [5, 5.41) is 6.07. The number of hydrogen-bond acceptors (Lipinski definition) is 5. The number of hydrogen-bond donors (Lipinski definition) is 0. The molecule has 0 N–H and O–H groups in total. The van der Waals surface area contributed by atoms with Gasteiger partial charge >= 0.3 is 5.97 Å². The summed E-state index contributed by atoms with van der Waals surface area (Å²) in [6, 6.07) is 13.5. The molecule has 0 spiro atoms. The Hall–Kier alpha value is -3.06. The van der Waals surface area contributed by atoms with E-state index >= 15 is 0 Å². The number of esters is 1. The molecule has 6 nitrogen and oxygen atoms in total. The normalized spacial score (nSPS) is 21.1. The molecule has 0 aromatic heterocycles. The number of carbonyl (C=O) groups excluding carboxylic acids is 2. The average molecular weight is 452 g/mol. The zero-order chi connectivity index (χ0) is 23.4. The second-order valence-electron chi connectivity index (χ2n) is 8.63. The van der Waals surface area contributed by atoms with Gasteiger partial charge in [-0.3, -0.25) is 14.5 Å². The molecule has 2 unspecified atom stereocenters. The zero-order valence-electron chi connectivity index (χ0n) is 19.2. The van der Waals surface area contributed by atoms with Gasteiger partial charge in [-0.25, -0.2) is 9.40 Å². The molecular formula is C26H30FN3O3. The van der Waals surface area contributed by atoms with Crippen LogP contribution in [0.3, 0.4) is 0 Å². The van der Waals surface area contributed by atoms with Crippen LogP contribution >= 0.6 is 0 Å². The second-order valence-corrected chi connectivity index (χ2v) is 8.63. The Labute approximate surface area is 194 Å². The Bertz CT molecular complexity index is 1050. The first-order valence-corrected chi connectivity index (χ1v) is 11.6. The van der Waals surface area contributed by atoms with E-state index in [0.29, 0.717) is 31.6 Å². The van der Waals surface area contributed by atoms with E-state index in [9.17, 15) is 14.0 Å². The number of amides is 1. The minimum Gasteiger partial charge on any atom is -0.465 e. The van der Waals surface area contributed by atoms with Gasteiger partial charge in [-0.1, -0.05) is 54.4 Å². The average Bonchev–Trinajstić information content (AvgIpc) is 3.25. The first kappa shape index (κ1) is 23.1. The molecule has 0 aliphatic carbocycles. The molecule has 0 saturated carbocycles. The fraction of sp³-hybridized carbons (Fsp3) is 0.423. The van der Waals surface area contributed by atoms with Crippen LogP contribution in [0.25, 0.3) is 0 Å². The lowest BCUT2D eigenvalue weighted by molar-refractivity contribution is -0.152. The van der Waals surface area contributed by atoms with E-state index in [4.69, 9.17) is 4.74 Å². The van der Waals surface area contributed by atoms with Crippen molar-refractivity contribution < 1.29 is 18.7 Å². The van der Waals surface area contributed by atoms with Gasteiger partial charge in [0.1, 0.15) is 11.9 Å². The Morgan fingerprint density at radius 2 is 1.97 bits per heavy atom. The largest absolute Gasteiger partial charge is 0.465 e. The summed E-state index contributed by atoms with van der Waals surface area (Å²) < 4.78 is 20.0. The number of benzene rings is 2. The van der Waals surface area contributed by atoms with E-state index < -0.39 is 12.1 Å². The number of rotatable bonds is 6. The standard InChI is InChI=1S/C26H30FN3O3/c1-3-33-26(32)23-13-6-7-14-29(23)17-25(31)30-24(20-11-4-5-12-21(20)27)16-22(28-30)19-10-8-9-18(2)15-19/h4-5,8-12,15,23-24H,3,6-7,13-14,16-17H2,1-2H3. The summed E-state index contributed by atoms with van der Waals surface area (Å²) in [6.07, 6.45) is 2.93. The summed E-state index contributed by atoms with van der Waals surface area (Å²) >= 11 is 0. The van der Waals surface area contributed by atoms with Crippen molar-refractivity contribution in [1.82, 2.24) is 9.91 Å². The second kappa shape index (κ2) is 10.3. The maximum Gasteiger partial charge on any atom is 0.323 e. The summed E-state index contributed by atoms with van der Waals surface area (Å²) in [5.74, 6) is -0.897. The van der Waals surface area contributed by atoms with Crippen LogP contribution in [-0.2, 0) is 14.3 Å². The highest BCUT2D eigenvalue weighted by molar-refractivity contribution is 6.03. The number of aryl methyl sites for hydroxylation is 1. The predicted molar refractivity (Wildman–Crippen MR) is 124 cm³/mol. The fourth-order valence-electron chi connectivity index (χ4n) is 4.66. The van der Waals surface area contributed by atoms with Crippen molar-refractivity contribution in [3.8, 4) is 0 Å². The summed E-state index contributed by atoms with van der Waals surface area (Å²) in [4.78, 5) is 27.8. The van der Waals surface area contributed by atoms with Gasteiger partial charge in [0.25, 0.3) is 5.91 Å². The highest BCUT2D eigenvalue weighted by Gasteiger charge is 2.37. The van der Waals surface area contributed by atoms with E-state index in [1.807, 2.05) is 36.1 Å². The van der Waals surface area contributed by atoms with Crippen molar-refractivity contribution in [2.24, 2.45) is 5.10 Å². The highest BCUT2D eigenvalue weighted by Crippen LogP contribution is 2.34. The van der Waals surface area contributed by atoms with Crippen LogP contribution in [0.15, 0.2) is 53.6 Å². The molecule has 0 radical (unpaired) electrons. The number of hydrazone groups is 1. The van der Waals surface area contributed by atoms with Crippen LogP contribution in [0.5, 0.6) is 0 Å². The third-order valence-corrected chi connectivity index (χ3v) is 6.29. The number of piperidine rings is 1. The lowest BCUT2D eigenvalue weighted by Gasteiger charge is -2.34. The number of ether oxygens (including phenoxy) is 1.